The summed E-state index contributed by atoms with van der Waals surface area (Å²) in [5.41, 5.74) is 17.2. The van der Waals surface area contributed by atoms with Gasteiger partial charge >= 0.3 is 23.9 Å². The lowest BCUT2D eigenvalue weighted by molar-refractivity contribution is -0.138. The highest BCUT2D eigenvalue weighted by atomic mass is 79.9. The Morgan fingerprint density at radius 3 is 1.48 bits per heavy atom. The molecule has 0 spiro atoms. The summed E-state index contributed by atoms with van der Waals surface area (Å²) in [4.78, 5) is 74.8. The Morgan fingerprint density at radius 1 is 0.523 bits per heavy atom. The number of nitrogens with zero attached hydrogens (tertiary/aromatic N) is 12. The largest absolute Gasteiger partial charge is 0.495 e. The predicted octanol–water partition coefficient (Wildman–Crippen LogP) is 14.7. The Balaban J connectivity index is 0.000000179. The van der Waals surface area contributed by atoms with E-state index in [4.69, 9.17) is 38.6 Å². The molecule has 3 N–H and O–H groups in total. The summed E-state index contributed by atoms with van der Waals surface area (Å²) in [6.07, 6.45) is 45.6. The lowest BCUT2D eigenvalue weighted by atomic mass is 9.95. The Hall–Kier alpha value is -11.3. The summed E-state index contributed by atoms with van der Waals surface area (Å²) in [5.74, 6) is 0.127. The van der Waals surface area contributed by atoms with Crippen molar-refractivity contribution in [1.29, 1.82) is 0 Å². The van der Waals surface area contributed by atoms with Crippen LogP contribution in [0.15, 0.2) is 170 Å². The molecule has 586 valence electrons. The fraction of sp³-hybridized carbons (Fsp3) is 0.388. The van der Waals surface area contributed by atoms with E-state index in [0.717, 1.165) is 139 Å². The first-order chi connectivity index (χ1) is 54.1. The molecule has 0 radical (unpaired) electrons. The molecule has 0 amide bonds. The van der Waals surface area contributed by atoms with Crippen molar-refractivity contribution >= 4 is 45.9 Å². The first-order valence-corrected chi connectivity index (χ1v) is 38.5. The van der Waals surface area contributed by atoms with Gasteiger partial charge in [-0.3, -0.25) is 58.9 Å². The Bertz CT molecular complexity index is 4570. The number of hydrogen-bond donors (Lipinski definition) is 3. The molecular weight excluding hydrogens is 1470 g/mol. The third-order valence-corrected chi connectivity index (χ3v) is 18.8. The average Bonchev–Trinajstić information content (AvgIpc) is 1.77. The highest BCUT2D eigenvalue weighted by Crippen LogP contribution is 2.29. The number of carbonyl (C=O) groups is 4. The SMILES string of the molecule is C=CC(=O)OCC.CCOC(=O)/C=C/c1cncc(OC)c1.COc1cncc(Br)c1.COc1cncc(C(CC(=O)O)n2ccc(CCCc3ccc4c(n3)CCCC4)n2)c1.COc1cncc(C(CC(=O)O)n2nccc2CCCc2ccc3c(n2)CCCC3)c1.c1cc(CCCc2ccc3c(n2)CCCC3)[nH]n1. The smallest absolute Gasteiger partial charge is 0.330 e. The van der Waals surface area contributed by atoms with Gasteiger partial charge in [-0.25, -0.2) is 9.59 Å². The zero-order chi connectivity index (χ0) is 79.0. The van der Waals surface area contributed by atoms with Crippen molar-refractivity contribution in [2.75, 3.05) is 41.7 Å². The van der Waals surface area contributed by atoms with Crippen molar-refractivity contribution in [2.45, 2.75) is 174 Å². The van der Waals surface area contributed by atoms with E-state index in [9.17, 15) is 29.4 Å². The highest BCUT2D eigenvalue weighted by molar-refractivity contribution is 9.10. The van der Waals surface area contributed by atoms with Crippen LogP contribution in [0.3, 0.4) is 0 Å². The molecule has 0 aliphatic heterocycles. The molecule has 2 unspecified atom stereocenters. The van der Waals surface area contributed by atoms with E-state index < -0.39 is 24.0 Å². The summed E-state index contributed by atoms with van der Waals surface area (Å²) in [5, 5.41) is 35.0. The molecular formula is C85H102BrN13O12. The van der Waals surface area contributed by atoms with Gasteiger partial charge in [-0.1, -0.05) is 24.8 Å². The molecule has 111 heavy (non-hydrogen) atoms. The summed E-state index contributed by atoms with van der Waals surface area (Å²) in [6, 6.07) is 25.6. The van der Waals surface area contributed by atoms with Crippen LogP contribution in [0.1, 0.15) is 181 Å². The molecule has 10 aromatic rings. The van der Waals surface area contributed by atoms with Crippen molar-refractivity contribution < 1.29 is 57.8 Å². The van der Waals surface area contributed by atoms with Crippen LogP contribution < -0.4 is 18.9 Å². The Kier molecular flexibility index (Phi) is 36.1. The number of ether oxygens (including phenoxy) is 6. The first kappa shape index (κ1) is 85.3. The number of rotatable bonds is 29. The van der Waals surface area contributed by atoms with Gasteiger partial charge in [0.15, 0.2) is 0 Å². The monoisotopic (exact) mass is 1580 g/mol. The van der Waals surface area contributed by atoms with Crippen molar-refractivity contribution in [3.8, 4) is 23.0 Å². The minimum atomic E-state index is -0.886. The summed E-state index contributed by atoms with van der Waals surface area (Å²) >= 11 is 3.26. The molecule has 0 aromatic carbocycles. The van der Waals surface area contributed by atoms with Gasteiger partial charge in [0.1, 0.15) is 23.0 Å². The number of fused-ring (bicyclic) bond motifs is 3. The number of pyridine rings is 7. The number of esters is 2. The zero-order valence-corrected chi connectivity index (χ0v) is 65.9. The van der Waals surface area contributed by atoms with Crippen molar-refractivity contribution in [3.05, 3.63) is 255 Å². The molecule has 0 saturated carbocycles. The van der Waals surface area contributed by atoms with Crippen LogP contribution >= 0.6 is 15.9 Å². The standard InChI is InChI=1S/2C24H28N4O3.C15H19N3.C11H13NO3.C6H6BrNO.C5H8O2/c1-31-21-13-18(15-25-16-21)23(14-24(29)30)28-12-11-20(27-28)7-4-6-19-10-9-17-5-2-3-8-22(17)26-19;1-31-21-13-18(15-25-16-21)23(14-24(29)30)28-20(11-12-26-28)7-4-6-19-10-9-17-5-2-3-8-22(17)27-19;1-2-7-15-12(4-1)8-9-13(17-15)5-3-6-14-10-11-16-18-14;1-3-15-11(13)5-4-9-6-10(14-2)8-12-7-9;1-9-6-2-5(7)3-8-4-6;1-3-5(6)7-4-2/h2*9-13,15-16,23H,2-8,14H2,1H3,(H,29,30);8-11H,1-7H2,(H,16,18);4-8H,3H2,1-2H3;2-4H,1H3;3H,1,4H2,2H3/b;;;5-4+;;. The maximum absolute atomic E-state index is 11.6. The van der Waals surface area contributed by atoms with Crippen molar-refractivity contribution in [1.82, 2.24) is 64.6 Å². The number of aromatic nitrogens is 13. The van der Waals surface area contributed by atoms with Crippen molar-refractivity contribution in [2.24, 2.45) is 0 Å². The number of carbonyl (C=O) groups excluding carboxylic acids is 2. The molecule has 0 saturated heterocycles. The van der Waals surface area contributed by atoms with E-state index in [0.29, 0.717) is 30.5 Å². The highest BCUT2D eigenvalue weighted by Gasteiger charge is 2.24. The van der Waals surface area contributed by atoms with Gasteiger partial charge in [0, 0.05) is 106 Å². The molecule has 10 aromatic heterocycles. The normalized spacial score (nSPS) is 12.8. The predicted molar refractivity (Wildman–Crippen MR) is 426 cm³/mol. The van der Waals surface area contributed by atoms with Crippen LogP contribution in [0, 0.1) is 0 Å². The molecule has 2 atom stereocenters. The van der Waals surface area contributed by atoms with Crippen molar-refractivity contribution in [3.63, 3.8) is 0 Å². The van der Waals surface area contributed by atoms with Gasteiger partial charge in [-0.2, -0.15) is 15.3 Å². The number of nitrogens with one attached hydrogen (secondary N) is 1. The van der Waals surface area contributed by atoms with E-state index >= 15 is 0 Å². The molecule has 10 heterocycles. The number of hydrogen-bond acceptors (Lipinski definition) is 20. The topological polar surface area (TPSA) is 319 Å². The first-order valence-electron chi connectivity index (χ1n) is 37.7. The maximum Gasteiger partial charge on any atom is 0.330 e. The van der Waals surface area contributed by atoms with Crippen LogP contribution in [0.2, 0.25) is 0 Å². The average molecular weight is 1580 g/mol. The fourth-order valence-corrected chi connectivity index (χ4v) is 13.1. The zero-order valence-electron chi connectivity index (χ0n) is 64.3. The Morgan fingerprint density at radius 2 is 0.991 bits per heavy atom. The summed E-state index contributed by atoms with van der Waals surface area (Å²) in [7, 11) is 6.32. The lowest BCUT2D eigenvalue weighted by Crippen LogP contribution is -2.19. The quantitative estimate of drug-likeness (QED) is 0.0290. The second-order valence-corrected chi connectivity index (χ2v) is 27.2. The van der Waals surface area contributed by atoms with Gasteiger partial charge in [-0.05, 0) is 265 Å². The van der Waals surface area contributed by atoms with E-state index in [1.165, 1.54) is 103 Å². The minimum Gasteiger partial charge on any atom is -0.495 e. The molecule has 26 heteroatoms. The molecule has 13 rings (SSSR count). The van der Waals surface area contributed by atoms with Crippen LogP contribution in [-0.4, -0.2) is 140 Å². The second kappa shape index (κ2) is 46.9. The molecule has 3 aliphatic carbocycles. The molecule has 3 aliphatic rings. The summed E-state index contributed by atoms with van der Waals surface area (Å²) < 4.78 is 34.0. The van der Waals surface area contributed by atoms with Gasteiger partial charge in [0.05, 0.1) is 97.1 Å². The van der Waals surface area contributed by atoms with E-state index in [-0.39, 0.29) is 24.8 Å². The van der Waals surface area contributed by atoms with Gasteiger partial charge in [0.2, 0.25) is 0 Å². The number of aliphatic carboxylic acids is 2. The van der Waals surface area contributed by atoms with Gasteiger partial charge < -0.3 is 38.6 Å². The van der Waals surface area contributed by atoms with Gasteiger partial charge in [0.25, 0.3) is 0 Å². The number of carboxylic acids is 2. The number of aromatic amines is 1. The third-order valence-electron chi connectivity index (χ3n) is 18.4. The number of aryl methyl sites for hydroxylation is 12. The van der Waals surface area contributed by atoms with Crippen LogP contribution in [0.25, 0.3) is 6.08 Å². The lowest BCUT2D eigenvalue weighted by Gasteiger charge is -2.19. The van der Waals surface area contributed by atoms with Gasteiger partial charge in [-0.15, -0.1) is 0 Å². The van der Waals surface area contributed by atoms with Crippen LogP contribution in [0.4, 0.5) is 0 Å². The third kappa shape index (κ3) is 29.2. The summed E-state index contributed by atoms with van der Waals surface area (Å²) in [6.45, 7) is 7.51. The van der Waals surface area contributed by atoms with E-state index in [2.05, 4.69) is 104 Å². The Labute approximate surface area is 657 Å². The number of methoxy groups -OCH3 is 4. The van der Waals surface area contributed by atoms with Crippen LogP contribution in [0.5, 0.6) is 23.0 Å². The molecule has 25 nitrogen and oxygen atoms in total. The number of carboxylic acid groups (broad SMARTS) is 2. The van der Waals surface area contributed by atoms with E-state index in [1.54, 1.807) is 115 Å². The van der Waals surface area contributed by atoms with Crippen LogP contribution in [-0.2, 0) is 106 Å². The number of halogens is 1. The fourth-order valence-electron chi connectivity index (χ4n) is 12.8. The second-order valence-electron chi connectivity index (χ2n) is 26.3. The van der Waals surface area contributed by atoms with E-state index in [1.807, 2.05) is 53.5 Å². The molecule has 0 bridgehead atoms. The molecule has 0 fully saturated rings. The minimum absolute atomic E-state index is 0.0735. The maximum atomic E-state index is 11.6. The number of H-pyrrole nitrogens is 1.